The molecule has 1 aromatic heterocycles. The molecule has 0 aliphatic rings. The number of hydrogen-bond acceptors (Lipinski definition) is 4. The van der Waals surface area contributed by atoms with Gasteiger partial charge in [0.05, 0.1) is 0 Å². The zero-order chi connectivity index (χ0) is 14.6. The number of likely N-dealkylation sites (N-methyl/N-ethyl adjacent to an activating group) is 1. The molecule has 0 aromatic carbocycles. The topological polar surface area (TPSA) is 58.1 Å². The minimum Gasteiger partial charge on any atom is -0.355 e. The van der Waals surface area contributed by atoms with Crippen molar-refractivity contribution in [1.29, 1.82) is 0 Å². The molecule has 1 aromatic rings. The molecule has 0 saturated carbocycles. The second-order valence-electron chi connectivity index (χ2n) is 5.25. The van der Waals surface area contributed by atoms with Crippen molar-refractivity contribution in [3.63, 3.8) is 0 Å². The van der Waals surface area contributed by atoms with E-state index in [4.69, 9.17) is 11.6 Å². The molecule has 0 unspecified atom stereocenters. The first-order valence-corrected chi connectivity index (χ1v) is 6.29. The molecule has 1 rings (SSSR count). The molecule has 1 N–H and O–H groups in total. The monoisotopic (exact) mass is 282 g/mol. The van der Waals surface area contributed by atoms with Crippen LogP contribution in [-0.2, 0) is 0 Å². The van der Waals surface area contributed by atoms with E-state index in [-0.39, 0.29) is 16.7 Å². The van der Waals surface area contributed by atoms with Crippen molar-refractivity contribution < 1.29 is 4.79 Å². The van der Waals surface area contributed by atoms with E-state index in [1.165, 1.54) is 6.20 Å². The van der Waals surface area contributed by atoms with Gasteiger partial charge in [-0.15, -0.1) is 6.58 Å². The first kappa shape index (κ1) is 15.4. The number of nitrogens with one attached hydrogen (secondary N) is 1. The molecule has 0 saturated heterocycles. The first-order valence-electron chi connectivity index (χ1n) is 5.91. The van der Waals surface area contributed by atoms with E-state index in [1.54, 1.807) is 11.0 Å². The van der Waals surface area contributed by atoms with Crippen molar-refractivity contribution in [1.82, 2.24) is 15.3 Å². The third kappa shape index (κ3) is 4.52. The molecule has 1 heterocycles. The van der Waals surface area contributed by atoms with E-state index in [0.29, 0.717) is 17.9 Å². The van der Waals surface area contributed by atoms with Crippen LogP contribution in [0.4, 0.5) is 5.82 Å². The summed E-state index contributed by atoms with van der Waals surface area (Å²) in [6.07, 6.45) is 3.16. The van der Waals surface area contributed by atoms with Crippen LogP contribution in [-0.4, -0.2) is 35.0 Å². The molecule has 0 spiro atoms. The van der Waals surface area contributed by atoms with Crippen LogP contribution in [0, 0.1) is 0 Å². The highest BCUT2D eigenvalue weighted by molar-refractivity contribution is 6.28. The fourth-order valence-corrected chi connectivity index (χ4v) is 1.62. The Balaban J connectivity index is 3.12. The van der Waals surface area contributed by atoms with Gasteiger partial charge in [0.1, 0.15) is 11.4 Å². The highest BCUT2D eigenvalue weighted by Gasteiger charge is 2.21. The van der Waals surface area contributed by atoms with Gasteiger partial charge in [0.15, 0.2) is 0 Å². The summed E-state index contributed by atoms with van der Waals surface area (Å²) < 4.78 is 0. The molecule has 0 radical (unpaired) electrons. The number of carbonyl (C=O) groups is 1. The maximum atomic E-state index is 12.2. The summed E-state index contributed by atoms with van der Waals surface area (Å²) in [5.74, 6) is 0.261. The van der Waals surface area contributed by atoms with Crippen LogP contribution >= 0.6 is 11.6 Å². The summed E-state index contributed by atoms with van der Waals surface area (Å²) in [5, 5.41) is 2.99. The Labute approximate surface area is 118 Å². The lowest BCUT2D eigenvalue weighted by Gasteiger charge is -2.23. The zero-order valence-electron chi connectivity index (χ0n) is 11.7. The molecule has 0 fully saturated rings. The molecule has 0 aliphatic carbocycles. The number of rotatable bonds is 4. The maximum Gasteiger partial charge on any atom is 0.257 e. The fourth-order valence-electron chi connectivity index (χ4n) is 1.49. The summed E-state index contributed by atoms with van der Waals surface area (Å²) >= 11 is 5.79. The SMILES string of the molecule is C=CCN(C)c1nc(Cl)ncc1C(=O)NC(C)(C)C. The average molecular weight is 283 g/mol. The van der Waals surface area contributed by atoms with Crippen LogP contribution in [0.2, 0.25) is 5.28 Å². The van der Waals surface area contributed by atoms with Crippen molar-refractivity contribution in [2.75, 3.05) is 18.5 Å². The van der Waals surface area contributed by atoms with Gasteiger partial charge in [0, 0.05) is 25.3 Å². The van der Waals surface area contributed by atoms with Crippen molar-refractivity contribution in [2.45, 2.75) is 26.3 Å². The largest absolute Gasteiger partial charge is 0.355 e. The van der Waals surface area contributed by atoms with Crippen LogP contribution in [0.3, 0.4) is 0 Å². The van der Waals surface area contributed by atoms with Gasteiger partial charge in [-0.25, -0.2) is 4.98 Å². The number of nitrogens with zero attached hydrogens (tertiary/aromatic N) is 3. The Morgan fingerprint density at radius 1 is 1.58 bits per heavy atom. The lowest BCUT2D eigenvalue weighted by atomic mass is 10.1. The average Bonchev–Trinajstić information content (AvgIpc) is 2.26. The molecule has 0 bridgehead atoms. The smallest absolute Gasteiger partial charge is 0.257 e. The molecule has 0 aliphatic heterocycles. The summed E-state index contributed by atoms with van der Waals surface area (Å²) in [6, 6.07) is 0. The van der Waals surface area contributed by atoms with Gasteiger partial charge in [-0.05, 0) is 32.4 Å². The summed E-state index contributed by atoms with van der Waals surface area (Å²) in [4.78, 5) is 22.0. The van der Waals surface area contributed by atoms with Crippen molar-refractivity contribution in [3.8, 4) is 0 Å². The quantitative estimate of drug-likeness (QED) is 0.680. The molecule has 104 valence electrons. The van der Waals surface area contributed by atoms with E-state index < -0.39 is 0 Å². The van der Waals surface area contributed by atoms with E-state index in [0.717, 1.165) is 0 Å². The van der Waals surface area contributed by atoms with Crippen LogP contribution in [0.5, 0.6) is 0 Å². The first-order chi connectivity index (χ1) is 8.74. The molecular formula is C13H19ClN4O. The highest BCUT2D eigenvalue weighted by atomic mass is 35.5. The molecule has 1 amide bonds. The zero-order valence-corrected chi connectivity index (χ0v) is 12.5. The normalized spacial score (nSPS) is 11.0. The fraction of sp³-hybridized carbons (Fsp3) is 0.462. The predicted molar refractivity (Wildman–Crippen MR) is 77.7 cm³/mol. The van der Waals surface area contributed by atoms with E-state index in [9.17, 15) is 4.79 Å². The van der Waals surface area contributed by atoms with Gasteiger partial charge in [-0.1, -0.05) is 6.08 Å². The van der Waals surface area contributed by atoms with Crippen LogP contribution in [0.1, 0.15) is 31.1 Å². The van der Waals surface area contributed by atoms with E-state index >= 15 is 0 Å². The molecular weight excluding hydrogens is 264 g/mol. The van der Waals surface area contributed by atoms with Crippen molar-refractivity contribution in [2.24, 2.45) is 0 Å². The summed E-state index contributed by atoms with van der Waals surface area (Å²) in [6.45, 7) is 9.96. The maximum absolute atomic E-state index is 12.2. The number of halogens is 1. The lowest BCUT2D eigenvalue weighted by molar-refractivity contribution is 0.0919. The van der Waals surface area contributed by atoms with Gasteiger partial charge in [0.25, 0.3) is 5.91 Å². The Morgan fingerprint density at radius 2 is 2.21 bits per heavy atom. The predicted octanol–water partition coefficient (Wildman–Crippen LogP) is 2.28. The van der Waals surface area contributed by atoms with Gasteiger partial charge in [0.2, 0.25) is 5.28 Å². The molecule has 19 heavy (non-hydrogen) atoms. The Kier molecular flexibility index (Phi) is 4.89. The Hall–Kier alpha value is -1.62. The molecule has 0 atom stereocenters. The highest BCUT2D eigenvalue weighted by Crippen LogP contribution is 2.18. The third-order valence-electron chi connectivity index (χ3n) is 2.24. The Morgan fingerprint density at radius 3 is 2.74 bits per heavy atom. The minimum absolute atomic E-state index is 0.109. The van der Waals surface area contributed by atoms with Gasteiger partial charge >= 0.3 is 0 Å². The second-order valence-corrected chi connectivity index (χ2v) is 5.59. The summed E-state index contributed by atoms with van der Waals surface area (Å²) in [7, 11) is 1.81. The lowest BCUT2D eigenvalue weighted by Crippen LogP contribution is -2.41. The number of carbonyl (C=O) groups excluding carboxylic acids is 1. The molecule has 6 heteroatoms. The van der Waals surface area contributed by atoms with Gasteiger partial charge < -0.3 is 10.2 Å². The summed E-state index contributed by atoms with van der Waals surface area (Å²) in [5.41, 5.74) is 0.0639. The number of hydrogen-bond donors (Lipinski definition) is 1. The van der Waals surface area contributed by atoms with Gasteiger partial charge in [-0.2, -0.15) is 4.98 Å². The standard InChI is InChI=1S/C13H19ClN4O/c1-6-7-18(5)10-9(8-15-12(14)16-10)11(19)17-13(2,3)4/h6,8H,1,7H2,2-5H3,(H,17,19). The van der Waals surface area contributed by atoms with Crippen LogP contribution in [0.25, 0.3) is 0 Å². The van der Waals surface area contributed by atoms with E-state index in [1.807, 2.05) is 27.8 Å². The van der Waals surface area contributed by atoms with Crippen LogP contribution < -0.4 is 10.2 Å². The minimum atomic E-state index is -0.328. The van der Waals surface area contributed by atoms with Crippen molar-refractivity contribution in [3.05, 3.63) is 29.7 Å². The second kappa shape index (κ2) is 6.02. The van der Waals surface area contributed by atoms with Gasteiger partial charge in [-0.3, -0.25) is 4.79 Å². The number of aromatic nitrogens is 2. The molecule has 5 nitrogen and oxygen atoms in total. The third-order valence-corrected chi connectivity index (χ3v) is 2.42. The Bertz CT molecular complexity index is 482. The van der Waals surface area contributed by atoms with Crippen LogP contribution in [0.15, 0.2) is 18.9 Å². The van der Waals surface area contributed by atoms with E-state index in [2.05, 4.69) is 21.9 Å². The number of anilines is 1. The van der Waals surface area contributed by atoms with Crippen molar-refractivity contribution >= 4 is 23.3 Å². The number of amides is 1.